The van der Waals surface area contributed by atoms with Crippen LogP contribution in [0.15, 0.2) is 48.5 Å². The molecule has 0 unspecified atom stereocenters. The van der Waals surface area contributed by atoms with E-state index in [-0.39, 0.29) is 24.8 Å². The molecule has 2 aromatic carbocycles. The monoisotopic (exact) mass is 605 g/mol. The Labute approximate surface area is 249 Å². The fraction of sp³-hybridized carbons (Fsp3) is 0.483. The van der Waals surface area contributed by atoms with Gasteiger partial charge in [0.15, 0.2) is 6.10 Å². The number of benzene rings is 2. The van der Waals surface area contributed by atoms with E-state index >= 15 is 0 Å². The zero-order valence-electron chi connectivity index (χ0n) is 24.3. The molecule has 0 spiro atoms. The molecule has 2 amide bonds. The Morgan fingerprint density at radius 2 is 1.67 bits per heavy atom. The summed E-state index contributed by atoms with van der Waals surface area (Å²) in [4.78, 5) is 39.6. The number of aliphatic hydroxyl groups excluding tert-OH is 3. The first kappa shape index (κ1) is 33.7. The SMILES string of the molecule is CC(=O)Nc1cc(COC(=O)N(CCN(C)C)COCCc2ccccc2)ccc1O[C@@H]1O[C@H](C(=O)O)[C@@H](O)[C@H](O)[C@H]1O. The lowest BCUT2D eigenvalue weighted by molar-refractivity contribution is -0.271. The number of aliphatic carboxylic acids is 1. The second-order valence-electron chi connectivity index (χ2n) is 10.3. The van der Waals surface area contributed by atoms with Gasteiger partial charge in [0, 0.05) is 20.0 Å². The molecule has 1 aliphatic rings. The van der Waals surface area contributed by atoms with E-state index in [9.17, 15) is 34.8 Å². The van der Waals surface area contributed by atoms with Gasteiger partial charge in [0.25, 0.3) is 0 Å². The van der Waals surface area contributed by atoms with Gasteiger partial charge in [-0.2, -0.15) is 0 Å². The average Bonchev–Trinajstić information content (AvgIpc) is 2.96. The van der Waals surface area contributed by atoms with Gasteiger partial charge in [0.05, 0.1) is 12.3 Å². The molecule has 14 heteroatoms. The number of rotatable bonds is 14. The van der Waals surface area contributed by atoms with Crippen LogP contribution in [-0.2, 0) is 36.8 Å². The zero-order chi connectivity index (χ0) is 31.5. The van der Waals surface area contributed by atoms with E-state index < -0.39 is 48.7 Å². The molecule has 5 N–H and O–H groups in total. The number of hydrogen-bond donors (Lipinski definition) is 5. The number of hydrogen-bond acceptors (Lipinski definition) is 11. The van der Waals surface area contributed by atoms with Gasteiger partial charge in [-0.25, -0.2) is 9.59 Å². The number of anilines is 1. The Bertz CT molecular complexity index is 1210. The summed E-state index contributed by atoms with van der Waals surface area (Å²) >= 11 is 0. The number of ether oxygens (including phenoxy) is 4. The molecular weight excluding hydrogens is 566 g/mol. The molecule has 0 aromatic heterocycles. The number of carboxylic acid groups (broad SMARTS) is 1. The minimum absolute atomic E-state index is 0.0264. The largest absolute Gasteiger partial charge is 0.479 e. The fourth-order valence-corrected chi connectivity index (χ4v) is 4.11. The van der Waals surface area contributed by atoms with E-state index in [1.165, 1.54) is 30.0 Å². The van der Waals surface area contributed by atoms with E-state index in [4.69, 9.17) is 18.9 Å². The average molecular weight is 606 g/mol. The smallest absolute Gasteiger partial charge is 0.411 e. The van der Waals surface area contributed by atoms with Crippen molar-refractivity contribution in [3.05, 3.63) is 59.7 Å². The molecule has 5 atom stereocenters. The first-order chi connectivity index (χ1) is 20.5. The van der Waals surface area contributed by atoms with Crippen LogP contribution in [0.3, 0.4) is 0 Å². The van der Waals surface area contributed by atoms with Crippen LogP contribution in [0.25, 0.3) is 0 Å². The van der Waals surface area contributed by atoms with Gasteiger partial charge in [-0.1, -0.05) is 36.4 Å². The zero-order valence-corrected chi connectivity index (χ0v) is 24.3. The summed E-state index contributed by atoms with van der Waals surface area (Å²) in [5.74, 6) is -2.06. The maximum absolute atomic E-state index is 12.9. The summed E-state index contributed by atoms with van der Waals surface area (Å²) in [5, 5.41) is 42.1. The summed E-state index contributed by atoms with van der Waals surface area (Å²) in [6, 6.07) is 14.2. The van der Waals surface area contributed by atoms with Gasteiger partial charge in [-0.05, 0) is 43.8 Å². The highest BCUT2D eigenvalue weighted by Crippen LogP contribution is 2.31. The fourth-order valence-electron chi connectivity index (χ4n) is 4.11. The molecule has 3 rings (SSSR count). The number of likely N-dealkylation sites (N-methyl/N-ethyl adjacent to an activating group) is 1. The van der Waals surface area contributed by atoms with E-state index in [1.807, 2.05) is 49.3 Å². The van der Waals surface area contributed by atoms with Crippen molar-refractivity contribution >= 4 is 23.7 Å². The second kappa shape index (κ2) is 16.2. The summed E-state index contributed by atoms with van der Waals surface area (Å²) < 4.78 is 22.0. The van der Waals surface area contributed by atoms with Crippen LogP contribution in [0, 0.1) is 0 Å². The number of amides is 2. The summed E-state index contributed by atoms with van der Waals surface area (Å²) in [6.07, 6.45) is -8.98. The highest BCUT2D eigenvalue weighted by molar-refractivity contribution is 5.90. The molecule has 1 heterocycles. The molecule has 1 aliphatic heterocycles. The number of aliphatic hydroxyl groups is 3. The molecule has 1 fully saturated rings. The van der Waals surface area contributed by atoms with Gasteiger partial charge in [0.1, 0.15) is 37.4 Å². The first-order valence-electron chi connectivity index (χ1n) is 13.6. The van der Waals surface area contributed by atoms with Crippen LogP contribution in [-0.4, -0.2) is 119 Å². The Hall–Kier alpha value is -3.79. The van der Waals surface area contributed by atoms with Crippen molar-refractivity contribution in [1.29, 1.82) is 0 Å². The highest BCUT2D eigenvalue weighted by Gasteiger charge is 2.48. The maximum Gasteiger partial charge on any atom is 0.411 e. The van der Waals surface area contributed by atoms with Crippen molar-refractivity contribution in [2.24, 2.45) is 0 Å². The van der Waals surface area contributed by atoms with Crippen LogP contribution in [0.5, 0.6) is 5.75 Å². The molecule has 236 valence electrons. The third-order valence-corrected chi connectivity index (χ3v) is 6.47. The molecule has 0 bridgehead atoms. The molecule has 2 aromatic rings. The van der Waals surface area contributed by atoms with Gasteiger partial charge in [0.2, 0.25) is 12.2 Å². The van der Waals surface area contributed by atoms with Crippen LogP contribution >= 0.6 is 0 Å². The Kier molecular flexibility index (Phi) is 12.7. The second-order valence-corrected chi connectivity index (χ2v) is 10.3. The maximum atomic E-state index is 12.9. The van der Waals surface area contributed by atoms with Gasteiger partial charge in [-0.15, -0.1) is 0 Å². The van der Waals surface area contributed by atoms with Crippen molar-refractivity contribution in [2.45, 2.75) is 50.7 Å². The standard InChI is InChI=1S/C29H39N3O11/c1-18(33)30-21-15-20(9-10-22(21)42-28-25(36)23(34)24(35)26(43-28)27(37)38)16-41-29(39)32(13-12-31(2)3)17-40-14-11-19-7-5-4-6-8-19/h4-10,15,23-26,28,34-36H,11-14,16-17H2,1-3H3,(H,30,33)(H,37,38)/t23-,24-,25+,26-,28+/m0/s1. The van der Waals surface area contributed by atoms with Crippen molar-refractivity contribution in [3.63, 3.8) is 0 Å². The highest BCUT2D eigenvalue weighted by atomic mass is 16.7. The Morgan fingerprint density at radius 1 is 0.953 bits per heavy atom. The number of nitrogens with zero attached hydrogens (tertiary/aromatic N) is 2. The number of carboxylic acids is 1. The Balaban J connectivity index is 1.65. The molecule has 14 nitrogen and oxygen atoms in total. The third-order valence-electron chi connectivity index (χ3n) is 6.47. The summed E-state index contributed by atoms with van der Waals surface area (Å²) in [6.45, 7) is 2.49. The van der Waals surface area contributed by atoms with Crippen molar-refractivity contribution < 1.29 is 53.8 Å². The molecule has 0 radical (unpaired) electrons. The predicted octanol–water partition coefficient (Wildman–Crippen LogP) is 0.633. The minimum Gasteiger partial charge on any atom is -0.479 e. The van der Waals surface area contributed by atoms with Crippen LogP contribution in [0.1, 0.15) is 18.1 Å². The molecule has 43 heavy (non-hydrogen) atoms. The van der Waals surface area contributed by atoms with Crippen LogP contribution in [0.2, 0.25) is 0 Å². The van der Waals surface area contributed by atoms with Crippen molar-refractivity contribution in [1.82, 2.24) is 9.80 Å². The van der Waals surface area contributed by atoms with Gasteiger partial charge >= 0.3 is 12.1 Å². The van der Waals surface area contributed by atoms with E-state index in [0.717, 1.165) is 5.56 Å². The first-order valence-corrected chi connectivity index (χ1v) is 13.6. The normalized spacial score (nSPS) is 21.7. The quantitative estimate of drug-likeness (QED) is 0.150. The van der Waals surface area contributed by atoms with Crippen LogP contribution < -0.4 is 10.1 Å². The van der Waals surface area contributed by atoms with Crippen molar-refractivity contribution in [2.75, 3.05) is 45.8 Å². The predicted molar refractivity (Wildman–Crippen MR) is 152 cm³/mol. The molecular formula is C29H39N3O11. The van der Waals surface area contributed by atoms with Crippen LogP contribution in [0.4, 0.5) is 10.5 Å². The number of nitrogens with one attached hydrogen (secondary N) is 1. The number of carbonyl (C=O) groups excluding carboxylic acids is 2. The molecule has 0 saturated carbocycles. The minimum atomic E-state index is -1.88. The Morgan fingerprint density at radius 3 is 2.33 bits per heavy atom. The van der Waals surface area contributed by atoms with Crippen molar-refractivity contribution in [3.8, 4) is 5.75 Å². The lowest BCUT2D eigenvalue weighted by atomic mass is 9.99. The summed E-state index contributed by atoms with van der Waals surface area (Å²) in [5.41, 5.74) is 1.70. The lowest BCUT2D eigenvalue weighted by Crippen LogP contribution is -2.61. The van der Waals surface area contributed by atoms with E-state index in [0.29, 0.717) is 31.7 Å². The lowest BCUT2D eigenvalue weighted by Gasteiger charge is -2.38. The van der Waals surface area contributed by atoms with Gasteiger partial charge in [-0.3, -0.25) is 9.69 Å². The van der Waals surface area contributed by atoms with E-state index in [1.54, 1.807) is 0 Å². The third kappa shape index (κ3) is 10.2. The molecule has 1 saturated heterocycles. The van der Waals surface area contributed by atoms with E-state index in [2.05, 4.69) is 5.32 Å². The molecule has 0 aliphatic carbocycles. The summed E-state index contributed by atoms with van der Waals surface area (Å²) in [7, 11) is 3.77. The van der Waals surface area contributed by atoms with Gasteiger partial charge < -0.3 is 49.6 Å². The topological polar surface area (TPSA) is 188 Å². The number of carbonyl (C=O) groups is 3.